The third-order valence-electron chi connectivity index (χ3n) is 7.91. The van der Waals surface area contributed by atoms with Crippen LogP contribution in [0, 0.1) is 11.2 Å². The van der Waals surface area contributed by atoms with Crippen molar-refractivity contribution >= 4 is 27.8 Å². The minimum Gasteiger partial charge on any atom is -0.345 e. The minimum absolute atomic E-state index is 0.0105. The van der Waals surface area contributed by atoms with E-state index in [9.17, 15) is 22.4 Å². The molecule has 0 radical (unpaired) electrons. The number of Topliss-reactive ketones (excluding diaryl/α,β-unsaturated/α-hetero) is 1. The van der Waals surface area contributed by atoms with Crippen molar-refractivity contribution in [1.82, 2.24) is 24.0 Å². The molecule has 2 aromatic heterocycles. The Labute approximate surface area is 243 Å². The van der Waals surface area contributed by atoms with Crippen molar-refractivity contribution in [3.63, 3.8) is 0 Å². The van der Waals surface area contributed by atoms with E-state index in [0.717, 1.165) is 16.8 Å². The van der Waals surface area contributed by atoms with Gasteiger partial charge in [0.15, 0.2) is 5.78 Å². The van der Waals surface area contributed by atoms with Gasteiger partial charge in [-0.15, -0.1) is 0 Å². The zero-order valence-electron chi connectivity index (χ0n) is 23.1. The standard InChI is InChI=1S/C31H28FN5O4S/c1-35(2)30(39)21-6-5-7-26(16-21)42(40,41)36-15-13-23-17-28-22(19-34-37(28)25-11-9-24(32)10-12-25)18-31(23,20-36)29(38)27-8-3-4-14-33-27/h3-12,14,16-17,19H,13,15,18,20H2,1-2H3. The Hall–Kier alpha value is -4.48. The number of benzene rings is 2. The van der Waals surface area contributed by atoms with Crippen LogP contribution in [0.3, 0.4) is 0 Å². The molecule has 0 spiro atoms. The zero-order valence-corrected chi connectivity index (χ0v) is 23.9. The van der Waals surface area contributed by atoms with Crippen LogP contribution in [-0.4, -0.2) is 71.3 Å². The molecule has 1 aliphatic heterocycles. The Bertz CT molecular complexity index is 1830. The van der Waals surface area contributed by atoms with Crippen molar-refractivity contribution in [2.45, 2.75) is 17.7 Å². The van der Waals surface area contributed by atoms with Gasteiger partial charge < -0.3 is 4.90 Å². The molecule has 1 amide bonds. The summed E-state index contributed by atoms with van der Waals surface area (Å²) in [5.74, 6) is -0.940. The SMILES string of the molecule is CN(C)C(=O)c1cccc(S(=O)(=O)N2CCC3=Cc4c(cnn4-c4ccc(F)cc4)CC3(C(=O)c3ccccn3)C2)c1. The Kier molecular flexibility index (Phi) is 6.86. The second-order valence-corrected chi connectivity index (χ2v) is 12.7. The van der Waals surface area contributed by atoms with E-state index in [-0.39, 0.29) is 53.2 Å². The number of aromatic nitrogens is 3. The topological polar surface area (TPSA) is 105 Å². The van der Waals surface area contributed by atoms with Crippen LogP contribution in [0.25, 0.3) is 11.8 Å². The Morgan fingerprint density at radius 2 is 1.81 bits per heavy atom. The highest BCUT2D eigenvalue weighted by atomic mass is 32.2. The monoisotopic (exact) mass is 585 g/mol. The lowest BCUT2D eigenvalue weighted by molar-refractivity contribution is 0.0769. The van der Waals surface area contributed by atoms with Crippen LogP contribution in [-0.2, 0) is 16.4 Å². The zero-order chi connectivity index (χ0) is 29.6. The van der Waals surface area contributed by atoms with Gasteiger partial charge in [-0.1, -0.05) is 17.7 Å². The van der Waals surface area contributed by atoms with Gasteiger partial charge in [0.2, 0.25) is 10.0 Å². The highest BCUT2D eigenvalue weighted by Crippen LogP contribution is 2.47. The van der Waals surface area contributed by atoms with Crippen LogP contribution in [0.2, 0.25) is 0 Å². The summed E-state index contributed by atoms with van der Waals surface area (Å²) < 4.78 is 44.6. The Morgan fingerprint density at radius 3 is 2.52 bits per heavy atom. The first-order valence-corrected chi connectivity index (χ1v) is 14.9. The number of nitrogens with zero attached hydrogens (tertiary/aromatic N) is 5. The number of piperidine rings is 1. The lowest BCUT2D eigenvalue weighted by Crippen LogP contribution is -2.53. The van der Waals surface area contributed by atoms with Crippen molar-refractivity contribution in [2.75, 3.05) is 27.2 Å². The van der Waals surface area contributed by atoms with Gasteiger partial charge in [0.1, 0.15) is 11.5 Å². The maximum absolute atomic E-state index is 14.3. The summed E-state index contributed by atoms with van der Waals surface area (Å²) in [6.45, 7) is 0.0564. The fourth-order valence-electron chi connectivity index (χ4n) is 5.75. The van der Waals surface area contributed by atoms with Crippen LogP contribution in [0.1, 0.15) is 38.5 Å². The molecule has 1 saturated heterocycles. The number of fused-ring (bicyclic) bond motifs is 2. The lowest BCUT2D eigenvalue weighted by atomic mass is 9.65. The predicted molar refractivity (Wildman–Crippen MR) is 154 cm³/mol. The Morgan fingerprint density at radius 1 is 1.02 bits per heavy atom. The average molecular weight is 586 g/mol. The first kappa shape index (κ1) is 27.7. The molecule has 2 aromatic carbocycles. The van der Waals surface area contributed by atoms with Gasteiger partial charge in [0, 0.05) is 38.9 Å². The van der Waals surface area contributed by atoms with E-state index in [1.165, 1.54) is 33.5 Å². The van der Waals surface area contributed by atoms with Crippen molar-refractivity contribution in [2.24, 2.45) is 5.41 Å². The van der Waals surface area contributed by atoms with Crippen molar-refractivity contribution in [1.29, 1.82) is 0 Å². The molecule has 9 nitrogen and oxygen atoms in total. The quantitative estimate of drug-likeness (QED) is 0.317. The number of ketones is 1. The number of hydrogen-bond donors (Lipinski definition) is 0. The Balaban J connectivity index is 1.42. The van der Waals surface area contributed by atoms with E-state index >= 15 is 0 Å². The van der Waals surface area contributed by atoms with E-state index in [2.05, 4.69) is 10.1 Å². The molecule has 1 unspecified atom stereocenters. The van der Waals surface area contributed by atoms with Crippen LogP contribution in [0.5, 0.6) is 0 Å². The first-order chi connectivity index (χ1) is 20.1. The normalized spacial score (nSPS) is 18.5. The summed E-state index contributed by atoms with van der Waals surface area (Å²) >= 11 is 0. The van der Waals surface area contributed by atoms with Gasteiger partial charge in [-0.3, -0.25) is 14.6 Å². The van der Waals surface area contributed by atoms with E-state index in [1.54, 1.807) is 73.6 Å². The first-order valence-electron chi connectivity index (χ1n) is 13.4. The molecule has 6 rings (SSSR count). The number of amides is 1. The van der Waals surface area contributed by atoms with Crippen LogP contribution >= 0.6 is 0 Å². The van der Waals surface area contributed by atoms with Crippen molar-refractivity contribution in [3.05, 3.63) is 113 Å². The number of pyridine rings is 1. The summed E-state index contributed by atoms with van der Waals surface area (Å²) in [5, 5.41) is 4.53. The van der Waals surface area contributed by atoms with Gasteiger partial charge in [-0.2, -0.15) is 9.40 Å². The summed E-state index contributed by atoms with van der Waals surface area (Å²) in [7, 11) is -0.858. The summed E-state index contributed by atoms with van der Waals surface area (Å²) in [5.41, 5.74) is 2.30. The fourth-order valence-corrected chi connectivity index (χ4v) is 7.29. The molecule has 2 aliphatic rings. The molecule has 42 heavy (non-hydrogen) atoms. The molecule has 214 valence electrons. The number of carbonyl (C=O) groups is 2. The van der Waals surface area contributed by atoms with E-state index in [4.69, 9.17) is 0 Å². The summed E-state index contributed by atoms with van der Waals surface area (Å²) in [6.07, 6.45) is 5.65. The fraction of sp³-hybridized carbons (Fsp3) is 0.226. The maximum Gasteiger partial charge on any atom is 0.253 e. The molecule has 0 bridgehead atoms. The molecule has 0 saturated carbocycles. The number of halogens is 1. The highest BCUT2D eigenvalue weighted by Gasteiger charge is 2.51. The number of hydrogen-bond acceptors (Lipinski definition) is 6. The number of rotatable bonds is 6. The molecular weight excluding hydrogens is 557 g/mol. The van der Waals surface area contributed by atoms with Crippen LogP contribution in [0.4, 0.5) is 4.39 Å². The number of sulfonamides is 1. The van der Waals surface area contributed by atoms with Crippen molar-refractivity contribution < 1.29 is 22.4 Å². The molecule has 1 fully saturated rings. The molecule has 0 N–H and O–H groups in total. The second-order valence-electron chi connectivity index (χ2n) is 10.7. The predicted octanol–water partition coefficient (Wildman–Crippen LogP) is 4.01. The summed E-state index contributed by atoms with van der Waals surface area (Å²) in [4.78, 5) is 32.5. The van der Waals surface area contributed by atoms with Gasteiger partial charge in [-0.25, -0.2) is 17.5 Å². The summed E-state index contributed by atoms with van der Waals surface area (Å²) in [6, 6.07) is 17.0. The van der Waals surface area contributed by atoms with Gasteiger partial charge in [-0.05, 0) is 79.1 Å². The van der Waals surface area contributed by atoms with Crippen LogP contribution < -0.4 is 0 Å². The highest BCUT2D eigenvalue weighted by molar-refractivity contribution is 7.89. The molecule has 11 heteroatoms. The third-order valence-corrected chi connectivity index (χ3v) is 9.75. The van der Waals surface area contributed by atoms with Gasteiger partial charge in [0.25, 0.3) is 5.91 Å². The lowest BCUT2D eigenvalue weighted by Gasteiger charge is -2.44. The molecule has 1 atom stereocenters. The van der Waals surface area contributed by atoms with Gasteiger partial charge >= 0.3 is 0 Å². The average Bonchev–Trinajstić information content (AvgIpc) is 3.41. The largest absolute Gasteiger partial charge is 0.345 e. The van der Waals surface area contributed by atoms with E-state index in [0.29, 0.717) is 12.1 Å². The minimum atomic E-state index is -4.06. The molecular formula is C31H28FN5O4S. The molecule has 1 aliphatic carbocycles. The van der Waals surface area contributed by atoms with E-state index in [1.807, 2.05) is 6.08 Å². The number of carbonyl (C=O) groups excluding carboxylic acids is 2. The van der Waals surface area contributed by atoms with Crippen LogP contribution in [0.15, 0.2) is 89.6 Å². The van der Waals surface area contributed by atoms with E-state index < -0.39 is 15.4 Å². The molecule has 4 aromatic rings. The maximum atomic E-state index is 14.3. The third kappa shape index (κ3) is 4.64. The smallest absolute Gasteiger partial charge is 0.253 e. The van der Waals surface area contributed by atoms with Gasteiger partial charge in [0.05, 0.1) is 27.9 Å². The molecule has 3 heterocycles. The second kappa shape index (κ2) is 10.4. The van der Waals surface area contributed by atoms with Crippen molar-refractivity contribution in [3.8, 4) is 5.69 Å².